The molecule has 4 nitrogen and oxygen atoms in total. The SMILES string of the molecule is Cc1cc(C)cc(-c2cccc(-c3cccc4oc(-c5ccccc5N=Cc5cc(C(C)(C)C)ccc5O)nc34)c2)c1. The van der Waals surface area contributed by atoms with Gasteiger partial charge in [0.05, 0.1) is 11.3 Å². The molecule has 5 aromatic carbocycles. The molecule has 0 atom stereocenters. The van der Waals surface area contributed by atoms with E-state index in [9.17, 15) is 5.11 Å². The second kappa shape index (κ2) is 10.8. The van der Waals surface area contributed by atoms with Gasteiger partial charge < -0.3 is 9.52 Å². The molecule has 208 valence electrons. The maximum absolute atomic E-state index is 10.5. The van der Waals surface area contributed by atoms with Gasteiger partial charge in [0.15, 0.2) is 5.58 Å². The number of oxazole rings is 1. The number of aromatic hydroxyl groups is 1. The smallest absolute Gasteiger partial charge is 0.229 e. The number of nitrogens with zero attached hydrogens (tertiary/aromatic N) is 2. The molecule has 1 aromatic heterocycles. The van der Waals surface area contributed by atoms with E-state index in [2.05, 4.69) is 83.1 Å². The highest BCUT2D eigenvalue weighted by Gasteiger charge is 2.17. The van der Waals surface area contributed by atoms with Gasteiger partial charge >= 0.3 is 0 Å². The molecule has 0 aliphatic carbocycles. The molecule has 0 amide bonds. The van der Waals surface area contributed by atoms with Gasteiger partial charge in [-0.15, -0.1) is 0 Å². The summed E-state index contributed by atoms with van der Waals surface area (Å²) in [4.78, 5) is 9.74. The van der Waals surface area contributed by atoms with Crippen LogP contribution in [0.15, 0.2) is 113 Å². The Hall–Kier alpha value is -4.96. The fourth-order valence-corrected chi connectivity index (χ4v) is 5.33. The molecule has 42 heavy (non-hydrogen) atoms. The lowest BCUT2D eigenvalue weighted by Crippen LogP contribution is -2.11. The van der Waals surface area contributed by atoms with Gasteiger partial charge in [-0.05, 0) is 77.9 Å². The number of aliphatic imine (C=N–C) groups is 1. The molecule has 0 aliphatic rings. The van der Waals surface area contributed by atoms with Gasteiger partial charge in [-0.3, -0.25) is 4.99 Å². The van der Waals surface area contributed by atoms with Gasteiger partial charge in [0.25, 0.3) is 0 Å². The van der Waals surface area contributed by atoms with Crippen LogP contribution < -0.4 is 0 Å². The lowest BCUT2D eigenvalue weighted by atomic mass is 9.86. The summed E-state index contributed by atoms with van der Waals surface area (Å²) >= 11 is 0. The standard InChI is InChI=1S/C38H34N2O2/c1-24-18-25(2)20-28(19-24)26-10-8-11-27(21-26)31-13-9-15-35-36(31)40-37(42-35)32-12-6-7-14-33(32)39-23-29-22-30(38(3,4)5)16-17-34(29)41/h6-23,41H,1-5H3. The van der Waals surface area contributed by atoms with Crippen molar-refractivity contribution < 1.29 is 9.52 Å². The van der Waals surface area contributed by atoms with Gasteiger partial charge in [-0.1, -0.05) is 98.6 Å². The normalized spacial score (nSPS) is 11.9. The molecule has 0 saturated heterocycles. The summed E-state index contributed by atoms with van der Waals surface area (Å²) in [5.41, 5.74) is 11.7. The molecule has 0 fully saturated rings. The van der Waals surface area contributed by atoms with Gasteiger partial charge in [-0.25, -0.2) is 4.98 Å². The highest BCUT2D eigenvalue weighted by Crippen LogP contribution is 2.37. The summed E-state index contributed by atoms with van der Waals surface area (Å²) in [6.07, 6.45) is 1.70. The summed E-state index contributed by atoms with van der Waals surface area (Å²) in [6, 6.07) is 34.7. The molecule has 0 saturated carbocycles. The van der Waals surface area contributed by atoms with E-state index in [0.29, 0.717) is 22.7 Å². The number of rotatable bonds is 5. The second-order valence-corrected chi connectivity index (χ2v) is 11.9. The highest BCUT2D eigenvalue weighted by molar-refractivity contribution is 5.94. The summed E-state index contributed by atoms with van der Waals surface area (Å²) in [5.74, 6) is 0.696. The van der Waals surface area contributed by atoms with E-state index in [1.807, 2.05) is 48.5 Å². The third-order valence-electron chi connectivity index (χ3n) is 7.52. The third-order valence-corrected chi connectivity index (χ3v) is 7.52. The number of fused-ring (bicyclic) bond motifs is 1. The molecule has 1 N–H and O–H groups in total. The van der Waals surface area contributed by atoms with Crippen molar-refractivity contribution >= 4 is 23.0 Å². The number of aryl methyl sites for hydroxylation is 2. The zero-order valence-corrected chi connectivity index (χ0v) is 24.6. The van der Waals surface area contributed by atoms with E-state index in [4.69, 9.17) is 14.4 Å². The minimum Gasteiger partial charge on any atom is -0.507 e. The third kappa shape index (κ3) is 5.48. The molecule has 4 heteroatoms. The van der Waals surface area contributed by atoms with Crippen molar-refractivity contribution in [2.24, 2.45) is 4.99 Å². The molecule has 6 aromatic rings. The van der Waals surface area contributed by atoms with E-state index < -0.39 is 0 Å². The first-order valence-corrected chi connectivity index (χ1v) is 14.2. The van der Waals surface area contributed by atoms with Crippen LogP contribution in [0.25, 0.3) is 44.8 Å². The highest BCUT2D eigenvalue weighted by atomic mass is 16.3. The van der Waals surface area contributed by atoms with Crippen LogP contribution in [0.2, 0.25) is 0 Å². The molecule has 0 unspecified atom stereocenters. The van der Waals surface area contributed by atoms with Crippen molar-refractivity contribution in [1.82, 2.24) is 4.98 Å². The number of benzene rings is 5. The van der Waals surface area contributed by atoms with Crippen molar-refractivity contribution in [2.75, 3.05) is 0 Å². The minimum absolute atomic E-state index is 0.0391. The van der Waals surface area contributed by atoms with E-state index in [0.717, 1.165) is 27.8 Å². The second-order valence-electron chi connectivity index (χ2n) is 11.9. The number of aromatic nitrogens is 1. The topological polar surface area (TPSA) is 58.6 Å². The zero-order chi connectivity index (χ0) is 29.4. The average Bonchev–Trinajstić information content (AvgIpc) is 3.40. The van der Waals surface area contributed by atoms with Crippen LogP contribution in [0, 0.1) is 13.8 Å². The Labute approximate surface area is 247 Å². The van der Waals surface area contributed by atoms with Gasteiger partial charge in [-0.2, -0.15) is 0 Å². The Bertz CT molecular complexity index is 1940. The number of phenols is 1. The van der Waals surface area contributed by atoms with E-state index in [1.165, 1.54) is 22.3 Å². The molecule has 0 spiro atoms. The maximum Gasteiger partial charge on any atom is 0.229 e. The summed E-state index contributed by atoms with van der Waals surface area (Å²) < 4.78 is 6.31. The van der Waals surface area contributed by atoms with Crippen molar-refractivity contribution in [2.45, 2.75) is 40.0 Å². The molecule has 0 bridgehead atoms. The summed E-state index contributed by atoms with van der Waals surface area (Å²) in [7, 11) is 0. The van der Waals surface area contributed by atoms with Gasteiger partial charge in [0, 0.05) is 17.3 Å². The summed E-state index contributed by atoms with van der Waals surface area (Å²) in [6.45, 7) is 10.7. The lowest BCUT2D eigenvalue weighted by Gasteiger charge is -2.19. The van der Waals surface area contributed by atoms with Crippen molar-refractivity contribution in [3.05, 3.63) is 125 Å². The van der Waals surface area contributed by atoms with Crippen LogP contribution >= 0.6 is 0 Å². The largest absolute Gasteiger partial charge is 0.507 e. The maximum atomic E-state index is 10.5. The van der Waals surface area contributed by atoms with E-state index >= 15 is 0 Å². The number of hydrogen-bond donors (Lipinski definition) is 1. The van der Waals surface area contributed by atoms with Crippen LogP contribution in [0.5, 0.6) is 5.75 Å². The Morgan fingerprint density at radius 2 is 1.43 bits per heavy atom. The summed E-state index contributed by atoms with van der Waals surface area (Å²) in [5, 5.41) is 10.5. The number of para-hydroxylation sites is 2. The Balaban J connectivity index is 1.39. The molecular weight excluding hydrogens is 516 g/mol. The first kappa shape index (κ1) is 27.2. The van der Waals surface area contributed by atoms with Crippen LogP contribution in [-0.4, -0.2) is 16.3 Å². The fourth-order valence-electron chi connectivity index (χ4n) is 5.33. The van der Waals surface area contributed by atoms with Crippen molar-refractivity contribution in [3.63, 3.8) is 0 Å². The Morgan fingerprint density at radius 3 is 2.21 bits per heavy atom. The molecule has 0 radical (unpaired) electrons. The first-order valence-electron chi connectivity index (χ1n) is 14.2. The van der Waals surface area contributed by atoms with E-state index in [-0.39, 0.29) is 11.2 Å². The number of hydrogen-bond acceptors (Lipinski definition) is 4. The monoisotopic (exact) mass is 550 g/mol. The molecule has 0 aliphatic heterocycles. The van der Waals surface area contributed by atoms with Gasteiger partial charge in [0.2, 0.25) is 5.89 Å². The average molecular weight is 551 g/mol. The van der Waals surface area contributed by atoms with Crippen LogP contribution in [0.1, 0.15) is 43.0 Å². The fraction of sp³-hybridized carbons (Fsp3) is 0.158. The van der Waals surface area contributed by atoms with Crippen LogP contribution in [-0.2, 0) is 5.41 Å². The zero-order valence-electron chi connectivity index (χ0n) is 24.6. The predicted molar refractivity (Wildman–Crippen MR) is 174 cm³/mol. The van der Waals surface area contributed by atoms with Crippen LogP contribution in [0.3, 0.4) is 0 Å². The molecule has 6 rings (SSSR count). The number of phenolic OH excluding ortho intramolecular Hbond substituents is 1. The van der Waals surface area contributed by atoms with Crippen molar-refractivity contribution in [3.8, 4) is 39.5 Å². The first-order chi connectivity index (χ1) is 20.2. The van der Waals surface area contributed by atoms with Crippen molar-refractivity contribution in [1.29, 1.82) is 0 Å². The Kier molecular flexibility index (Phi) is 6.99. The lowest BCUT2D eigenvalue weighted by molar-refractivity contribution is 0.473. The Morgan fingerprint density at radius 1 is 0.714 bits per heavy atom. The predicted octanol–water partition coefficient (Wildman–Crippen LogP) is 10.2. The van der Waals surface area contributed by atoms with E-state index in [1.54, 1.807) is 12.3 Å². The molecule has 1 heterocycles. The van der Waals surface area contributed by atoms with Gasteiger partial charge in [0.1, 0.15) is 11.3 Å². The quantitative estimate of drug-likeness (QED) is 0.217. The molecular formula is C38H34N2O2. The van der Waals surface area contributed by atoms with Crippen LogP contribution in [0.4, 0.5) is 5.69 Å². The minimum atomic E-state index is -0.0391.